The Kier molecular flexibility index (Phi) is 5.43. The van der Waals surface area contributed by atoms with E-state index in [1.165, 1.54) is 0 Å². The molecule has 0 aliphatic heterocycles. The monoisotopic (exact) mass is 436 g/mol. The number of ether oxygens (including phenoxy) is 1. The molecule has 0 radical (unpaired) electrons. The molecule has 5 nitrogen and oxygen atoms in total. The van der Waals surface area contributed by atoms with Gasteiger partial charge in [0.1, 0.15) is 21.5 Å². The summed E-state index contributed by atoms with van der Waals surface area (Å²) in [6.07, 6.45) is 0. The zero-order chi connectivity index (χ0) is 15.6. The lowest BCUT2D eigenvalue weighted by atomic mass is 10.1. The summed E-state index contributed by atoms with van der Waals surface area (Å²) < 4.78 is 8.05. The fraction of sp³-hybridized carbons (Fsp3) is 0.231. The Hall–Kier alpha value is -0.890. The lowest BCUT2D eigenvalue weighted by Crippen LogP contribution is -2.05. The predicted molar refractivity (Wildman–Crippen MR) is 88.6 cm³/mol. The number of hydrogen-bond acceptors (Lipinski definition) is 3. The third-order valence-electron chi connectivity index (χ3n) is 2.84. The van der Waals surface area contributed by atoms with Gasteiger partial charge in [0.05, 0.1) is 4.92 Å². The molecule has 0 N–H and O–H groups in total. The highest BCUT2D eigenvalue weighted by Gasteiger charge is 2.29. The molecule has 0 aliphatic carbocycles. The van der Waals surface area contributed by atoms with Gasteiger partial charge in [0.15, 0.2) is 0 Å². The molecule has 0 fully saturated rings. The van der Waals surface area contributed by atoms with Gasteiger partial charge in [0, 0.05) is 17.2 Å². The molecule has 0 amide bonds. The second-order valence-electron chi connectivity index (χ2n) is 4.12. The van der Waals surface area contributed by atoms with Crippen molar-refractivity contribution in [3.63, 3.8) is 0 Å². The molecule has 0 atom stereocenters. The third-order valence-corrected chi connectivity index (χ3v) is 5.20. The van der Waals surface area contributed by atoms with Gasteiger partial charge in [0.2, 0.25) is 0 Å². The van der Waals surface area contributed by atoms with Crippen molar-refractivity contribution in [2.45, 2.75) is 13.7 Å². The van der Waals surface area contributed by atoms with Gasteiger partial charge in [-0.05, 0) is 50.9 Å². The SMILES string of the molecule is CCOCn1c(Br)c(Br)c([N+](=O)[O-])c1-c1ccc(Cl)cc1. The van der Waals surface area contributed by atoms with Crippen molar-refractivity contribution in [2.24, 2.45) is 0 Å². The first-order valence-corrected chi connectivity index (χ1v) is 7.99. The molecule has 0 saturated heterocycles. The summed E-state index contributed by atoms with van der Waals surface area (Å²) in [7, 11) is 0. The summed E-state index contributed by atoms with van der Waals surface area (Å²) in [4.78, 5) is 11.0. The normalized spacial score (nSPS) is 10.9. The molecule has 1 aromatic heterocycles. The second-order valence-corrected chi connectivity index (χ2v) is 6.10. The molecule has 0 bridgehead atoms. The molecular weight excluding hydrogens is 427 g/mol. The molecule has 2 aromatic rings. The van der Waals surface area contributed by atoms with Crippen LogP contribution in [0.5, 0.6) is 0 Å². The van der Waals surface area contributed by atoms with Crippen LogP contribution in [-0.4, -0.2) is 16.1 Å². The van der Waals surface area contributed by atoms with E-state index < -0.39 is 4.92 Å². The van der Waals surface area contributed by atoms with Crippen LogP contribution in [0.25, 0.3) is 11.3 Å². The number of aromatic nitrogens is 1. The first-order valence-electron chi connectivity index (χ1n) is 6.02. The minimum Gasteiger partial charge on any atom is -0.361 e. The molecule has 0 aliphatic rings. The number of halogens is 3. The number of benzene rings is 1. The average Bonchev–Trinajstić information content (AvgIpc) is 2.70. The Morgan fingerprint density at radius 1 is 1.33 bits per heavy atom. The summed E-state index contributed by atoms with van der Waals surface area (Å²) >= 11 is 12.5. The van der Waals surface area contributed by atoms with Crippen LogP contribution >= 0.6 is 43.5 Å². The van der Waals surface area contributed by atoms with Crippen LogP contribution in [0.3, 0.4) is 0 Å². The van der Waals surface area contributed by atoms with Gasteiger partial charge in [-0.15, -0.1) is 0 Å². The molecule has 1 aromatic carbocycles. The summed E-state index contributed by atoms with van der Waals surface area (Å²) in [5.41, 5.74) is 1.14. The van der Waals surface area contributed by atoms with Crippen LogP contribution < -0.4 is 0 Å². The highest BCUT2D eigenvalue weighted by Crippen LogP contribution is 2.43. The van der Waals surface area contributed by atoms with Gasteiger partial charge < -0.3 is 9.30 Å². The molecule has 0 saturated carbocycles. The number of rotatable bonds is 5. The number of hydrogen-bond donors (Lipinski definition) is 0. The molecule has 0 unspecified atom stereocenters. The van der Waals surface area contributed by atoms with Gasteiger partial charge in [-0.25, -0.2) is 0 Å². The van der Waals surface area contributed by atoms with E-state index in [1.807, 2.05) is 6.92 Å². The Labute approximate surface area is 143 Å². The Morgan fingerprint density at radius 3 is 2.48 bits per heavy atom. The van der Waals surface area contributed by atoms with E-state index in [0.717, 1.165) is 0 Å². The van der Waals surface area contributed by atoms with E-state index in [9.17, 15) is 10.1 Å². The first-order chi connectivity index (χ1) is 9.97. The van der Waals surface area contributed by atoms with Crippen LogP contribution in [0.1, 0.15) is 6.92 Å². The topological polar surface area (TPSA) is 57.3 Å². The quantitative estimate of drug-likeness (QED) is 0.474. The van der Waals surface area contributed by atoms with Gasteiger partial charge >= 0.3 is 5.69 Å². The summed E-state index contributed by atoms with van der Waals surface area (Å²) in [6, 6.07) is 6.87. The average molecular weight is 439 g/mol. The van der Waals surface area contributed by atoms with Crippen molar-refractivity contribution in [3.8, 4) is 11.3 Å². The Balaban J connectivity index is 2.67. The van der Waals surface area contributed by atoms with Crippen molar-refractivity contribution in [1.82, 2.24) is 4.57 Å². The van der Waals surface area contributed by atoms with Crippen molar-refractivity contribution >= 4 is 49.1 Å². The van der Waals surface area contributed by atoms with Gasteiger partial charge in [0.25, 0.3) is 0 Å². The highest BCUT2D eigenvalue weighted by molar-refractivity contribution is 9.13. The molecule has 1 heterocycles. The maximum Gasteiger partial charge on any atom is 0.310 e. The highest BCUT2D eigenvalue weighted by atomic mass is 79.9. The lowest BCUT2D eigenvalue weighted by Gasteiger charge is -2.10. The lowest BCUT2D eigenvalue weighted by molar-refractivity contribution is -0.384. The maximum atomic E-state index is 11.4. The van der Waals surface area contributed by atoms with Crippen LogP contribution in [0, 0.1) is 10.1 Å². The van der Waals surface area contributed by atoms with E-state index in [2.05, 4.69) is 31.9 Å². The Bertz CT molecular complexity index is 671. The zero-order valence-electron chi connectivity index (χ0n) is 11.0. The first kappa shape index (κ1) is 16.5. The predicted octanol–water partition coefficient (Wildman–Crippen LogP) is 5.24. The molecule has 21 heavy (non-hydrogen) atoms. The van der Waals surface area contributed by atoms with Crippen molar-refractivity contribution in [2.75, 3.05) is 6.61 Å². The van der Waals surface area contributed by atoms with Crippen LogP contribution in [0.2, 0.25) is 5.02 Å². The fourth-order valence-corrected chi connectivity index (χ4v) is 3.06. The summed E-state index contributed by atoms with van der Waals surface area (Å²) in [5, 5.41) is 12.0. The Morgan fingerprint density at radius 2 is 1.95 bits per heavy atom. The van der Waals surface area contributed by atoms with Crippen LogP contribution in [0.15, 0.2) is 33.3 Å². The third kappa shape index (κ3) is 3.31. The molecular formula is C13H11Br2ClN2O3. The van der Waals surface area contributed by atoms with Crippen LogP contribution in [0.4, 0.5) is 5.69 Å². The molecule has 0 spiro atoms. The second kappa shape index (κ2) is 6.91. The van der Waals surface area contributed by atoms with Crippen molar-refractivity contribution < 1.29 is 9.66 Å². The standard InChI is InChI=1S/C13H11Br2ClN2O3/c1-2-21-7-17-11(8-3-5-9(16)6-4-8)12(18(19)20)10(14)13(17)15/h3-6H,2,7H2,1H3. The summed E-state index contributed by atoms with van der Waals surface area (Å²) in [5.74, 6) is 0. The van der Waals surface area contributed by atoms with E-state index in [1.54, 1.807) is 28.8 Å². The van der Waals surface area contributed by atoms with E-state index in [0.29, 0.717) is 32.0 Å². The zero-order valence-corrected chi connectivity index (χ0v) is 14.9. The maximum absolute atomic E-state index is 11.4. The van der Waals surface area contributed by atoms with Crippen molar-refractivity contribution in [1.29, 1.82) is 0 Å². The summed E-state index contributed by atoms with van der Waals surface area (Å²) in [6.45, 7) is 2.58. The largest absolute Gasteiger partial charge is 0.361 e. The van der Waals surface area contributed by atoms with Gasteiger partial charge in [-0.1, -0.05) is 23.7 Å². The van der Waals surface area contributed by atoms with Crippen LogP contribution in [-0.2, 0) is 11.5 Å². The van der Waals surface area contributed by atoms with Gasteiger partial charge in [-0.2, -0.15) is 0 Å². The minimum absolute atomic E-state index is 0.0103. The molecule has 2 rings (SSSR count). The van der Waals surface area contributed by atoms with Gasteiger partial charge in [-0.3, -0.25) is 10.1 Å². The minimum atomic E-state index is -0.415. The fourth-order valence-electron chi connectivity index (χ4n) is 1.92. The van der Waals surface area contributed by atoms with E-state index in [-0.39, 0.29) is 12.4 Å². The number of nitrogens with zero attached hydrogens (tertiary/aromatic N) is 2. The molecule has 8 heteroatoms. The number of nitro groups is 1. The molecule has 112 valence electrons. The van der Waals surface area contributed by atoms with E-state index in [4.69, 9.17) is 16.3 Å². The smallest absolute Gasteiger partial charge is 0.310 e. The van der Waals surface area contributed by atoms with E-state index >= 15 is 0 Å². The van der Waals surface area contributed by atoms with Crippen molar-refractivity contribution in [3.05, 3.63) is 48.5 Å².